The van der Waals surface area contributed by atoms with Crippen LogP contribution in [0.2, 0.25) is 0 Å². The van der Waals surface area contributed by atoms with Crippen LogP contribution in [0.15, 0.2) is 95.2 Å². The molecule has 2 fully saturated rings. The predicted molar refractivity (Wildman–Crippen MR) is 230 cm³/mol. The quantitative estimate of drug-likeness (QED) is 0.0871. The Morgan fingerprint density at radius 3 is 1.67 bits per heavy atom. The molecule has 322 valence electrons. The second-order valence-corrected chi connectivity index (χ2v) is 18.1. The summed E-state index contributed by atoms with van der Waals surface area (Å²) in [4.78, 5) is 9.46. The van der Waals surface area contributed by atoms with Crippen LogP contribution in [0.4, 0.5) is 11.4 Å². The minimum Gasteiger partial charge on any atom is -0.423 e. The van der Waals surface area contributed by atoms with Crippen molar-refractivity contribution in [3.05, 3.63) is 85.5 Å². The molecule has 0 amide bonds. The Hall–Kier alpha value is -5.72. The number of aromatic nitrogens is 10. The standard InChI is InChI=1S/C19H23N7O2S.C14H20N6O2S.C5H6BNO2/c1-20-29(27,28)16-9-10-18(22-14-6-3-2-4-7-14)17(12-16)19-23-25-26(24-19)15-8-5-11-21-13-15;1-15-23(21,22)11-7-8-13(16-10-5-3-2-4-6-10)12(9-11)14-17-19-20-18-14;8-6(9)5-2-1-3-7-4-5/h5,8-14,20,22H,2-4,6-7H2,1H3;7-10,15-16H,2-6H2,1H3,(H,17,18,19,20);1-4,8-9H. The van der Waals surface area contributed by atoms with Gasteiger partial charge in [0, 0.05) is 58.6 Å². The number of benzene rings is 2. The molecule has 0 bridgehead atoms. The fourth-order valence-corrected chi connectivity index (χ4v) is 8.39. The molecule has 2 aliphatic carbocycles. The van der Waals surface area contributed by atoms with E-state index in [2.05, 4.69) is 66.1 Å². The average Bonchev–Trinajstić information content (AvgIpc) is 4.03. The zero-order valence-corrected chi connectivity index (χ0v) is 35.4. The lowest BCUT2D eigenvalue weighted by molar-refractivity contribution is 0.425. The number of hydrogen-bond donors (Lipinski definition) is 7. The lowest BCUT2D eigenvalue weighted by atomic mass is 9.82. The normalized spacial score (nSPS) is 14.8. The van der Waals surface area contributed by atoms with E-state index in [-0.39, 0.29) is 9.79 Å². The van der Waals surface area contributed by atoms with Crippen LogP contribution < -0.4 is 25.5 Å². The molecule has 4 heterocycles. The average molecular weight is 873 g/mol. The first-order chi connectivity index (χ1) is 29.5. The number of H-pyrrole nitrogens is 1. The van der Waals surface area contributed by atoms with E-state index in [4.69, 9.17) is 10.0 Å². The van der Waals surface area contributed by atoms with Gasteiger partial charge in [-0.3, -0.25) is 9.97 Å². The number of aromatic amines is 1. The molecule has 0 unspecified atom stereocenters. The van der Waals surface area contributed by atoms with E-state index in [1.165, 1.54) is 63.6 Å². The number of hydrogen-bond acceptors (Lipinski definition) is 16. The molecular formula is C38H49BN14O6S2. The highest BCUT2D eigenvalue weighted by molar-refractivity contribution is 7.89. The van der Waals surface area contributed by atoms with Gasteiger partial charge < -0.3 is 20.7 Å². The minimum absolute atomic E-state index is 0.155. The fourth-order valence-electron chi connectivity index (χ4n) is 6.88. The lowest BCUT2D eigenvalue weighted by Gasteiger charge is -2.25. The number of tetrazole rings is 2. The lowest BCUT2D eigenvalue weighted by Crippen LogP contribution is -2.29. The number of anilines is 2. The largest absolute Gasteiger partial charge is 0.490 e. The van der Waals surface area contributed by atoms with Crippen LogP contribution >= 0.6 is 0 Å². The molecular weight excluding hydrogens is 823 g/mol. The monoisotopic (exact) mass is 872 g/mol. The Balaban J connectivity index is 0.000000173. The SMILES string of the molecule is CNS(=O)(=O)c1ccc(NC2CCCCC2)c(-c2nn[nH]n2)c1.CNS(=O)(=O)c1ccc(NC2CCCCC2)c(-c2nnn(-c3cccnc3)n2)c1.OB(O)c1cccnc1. The summed E-state index contributed by atoms with van der Waals surface area (Å²) >= 11 is 0. The van der Waals surface area contributed by atoms with Crippen LogP contribution in [0, 0.1) is 0 Å². The van der Waals surface area contributed by atoms with Gasteiger partial charge in [-0.25, -0.2) is 26.3 Å². The van der Waals surface area contributed by atoms with Gasteiger partial charge in [0.05, 0.1) is 16.0 Å². The van der Waals surface area contributed by atoms with E-state index in [9.17, 15) is 16.8 Å². The highest BCUT2D eigenvalue weighted by Gasteiger charge is 2.22. The van der Waals surface area contributed by atoms with Gasteiger partial charge in [-0.15, -0.1) is 25.2 Å². The third-order valence-corrected chi connectivity index (χ3v) is 13.0. The molecule has 0 atom stereocenters. The van der Waals surface area contributed by atoms with Gasteiger partial charge in [0.25, 0.3) is 0 Å². The van der Waals surface area contributed by atoms with Crippen LogP contribution in [0.3, 0.4) is 0 Å². The van der Waals surface area contributed by atoms with Crippen molar-refractivity contribution in [1.82, 2.24) is 60.2 Å². The Bertz CT molecular complexity index is 2510. The molecule has 0 spiro atoms. The number of nitrogens with one attached hydrogen (secondary N) is 5. The predicted octanol–water partition coefficient (Wildman–Crippen LogP) is 2.66. The van der Waals surface area contributed by atoms with Crippen molar-refractivity contribution in [3.63, 3.8) is 0 Å². The van der Waals surface area contributed by atoms with E-state index in [1.807, 2.05) is 6.07 Å². The molecule has 20 nitrogen and oxygen atoms in total. The van der Waals surface area contributed by atoms with Gasteiger partial charge in [0.2, 0.25) is 31.7 Å². The summed E-state index contributed by atoms with van der Waals surface area (Å²) in [5.74, 6) is 0.719. The molecule has 7 N–H and O–H groups in total. The Morgan fingerprint density at radius 1 is 0.689 bits per heavy atom. The van der Waals surface area contributed by atoms with Crippen LogP contribution in [0.25, 0.3) is 28.5 Å². The maximum absolute atomic E-state index is 12.3. The molecule has 0 aliphatic heterocycles. The molecule has 2 aliphatic rings. The molecule has 8 rings (SSSR count). The highest BCUT2D eigenvalue weighted by atomic mass is 32.2. The van der Waals surface area contributed by atoms with Crippen molar-refractivity contribution < 1.29 is 26.9 Å². The molecule has 4 aromatic heterocycles. The first-order valence-electron chi connectivity index (χ1n) is 19.9. The molecule has 2 aromatic carbocycles. The molecule has 2 saturated carbocycles. The first-order valence-corrected chi connectivity index (χ1v) is 22.8. The van der Waals surface area contributed by atoms with Crippen molar-refractivity contribution in [2.75, 3.05) is 24.7 Å². The van der Waals surface area contributed by atoms with Crippen molar-refractivity contribution in [2.45, 2.75) is 86.1 Å². The van der Waals surface area contributed by atoms with Crippen LogP contribution in [0.1, 0.15) is 64.2 Å². The van der Waals surface area contributed by atoms with E-state index in [1.54, 1.807) is 73.2 Å². The summed E-state index contributed by atoms with van der Waals surface area (Å²) in [6, 6.07) is 17.5. The highest BCUT2D eigenvalue weighted by Crippen LogP contribution is 2.32. The van der Waals surface area contributed by atoms with Crippen molar-refractivity contribution >= 4 is 44.0 Å². The summed E-state index contributed by atoms with van der Waals surface area (Å²) in [6.45, 7) is 0. The minimum atomic E-state index is -3.59. The third kappa shape index (κ3) is 12.2. The molecule has 61 heavy (non-hydrogen) atoms. The second-order valence-electron chi connectivity index (χ2n) is 14.3. The van der Waals surface area contributed by atoms with Crippen molar-refractivity contribution in [3.8, 4) is 28.5 Å². The van der Waals surface area contributed by atoms with Crippen LogP contribution in [0.5, 0.6) is 0 Å². The van der Waals surface area contributed by atoms with E-state index < -0.39 is 27.2 Å². The summed E-state index contributed by atoms with van der Waals surface area (Å²) in [6.07, 6.45) is 18.0. The number of sulfonamides is 2. The molecule has 6 aromatic rings. The summed E-state index contributed by atoms with van der Waals surface area (Å²) in [5.41, 5.74) is 3.94. The molecule has 23 heteroatoms. The van der Waals surface area contributed by atoms with E-state index >= 15 is 0 Å². The van der Waals surface area contributed by atoms with Gasteiger partial charge in [-0.05, 0) is 105 Å². The van der Waals surface area contributed by atoms with Crippen LogP contribution in [-0.2, 0) is 20.0 Å². The van der Waals surface area contributed by atoms with Gasteiger partial charge in [0.15, 0.2) is 0 Å². The first kappa shape index (κ1) is 44.8. The maximum Gasteiger partial charge on any atom is 0.490 e. The van der Waals surface area contributed by atoms with Gasteiger partial charge >= 0.3 is 7.12 Å². The van der Waals surface area contributed by atoms with Gasteiger partial charge in [0.1, 0.15) is 5.69 Å². The third-order valence-electron chi connectivity index (χ3n) is 10.2. The summed E-state index contributed by atoms with van der Waals surface area (Å²) in [7, 11) is -5.75. The zero-order chi connectivity index (χ0) is 43.2. The van der Waals surface area contributed by atoms with Crippen molar-refractivity contribution in [2.24, 2.45) is 0 Å². The van der Waals surface area contributed by atoms with E-state index in [0.717, 1.165) is 37.1 Å². The number of nitrogens with zero attached hydrogens (tertiary/aromatic N) is 9. The Morgan fingerprint density at radius 2 is 1.23 bits per heavy atom. The number of pyridine rings is 2. The smallest absolute Gasteiger partial charge is 0.423 e. The van der Waals surface area contributed by atoms with Crippen molar-refractivity contribution in [1.29, 1.82) is 0 Å². The summed E-state index contributed by atoms with van der Waals surface area (Å²) < 4.78 is 53.3. The topological polar surface area (TPSA) is 281 Å². The molecule has 0 radical (unpaired) electrons. The second kappa shape index (κ2) is 21.2. The molecule has 0 saturated heterocycles. The fraction of sp³-hybridized carbons (Fsp3) is 0.368. The Labute approximate surface area is 354 Å². The van der Waals surface area contributed by atoms with Gasteiger partial charge in [-0.2, -0.15) is 5.21 Å². The van der Waals surface area contributed by atoms with Crippen LogP contribution in [-0.4, -0.2) is 111 Å². The summed E-state index contributed by atoms with van der Waals surface area (Å²) in [5, 5.41) is 50.8. The van der Waals surface area contributed by atoms with E-state index in [0.29, 0.717) is 46.0 Å². The maximum atomic E-state index is 12.3. The Kier molecular flexibility index (Phi) is 15.6. The number of rotatable bonds is 12. The zero-order valence-electron chi connectivity index (χ0n) is 33.8. The van der Waals surface area contributed by atoms with Gasteiger partial charge in [-0.1, -0.05) is 44.6 Å².